The van der Waals surface area contributed by atoms with Gasteiger partial charge in [0.25, 0.3) is 0 Å². The number of piperidine rings is 1. The number of aromatic nitrogens is 2. The molecule has 3 rings (SSSR count). The Morgan fingerprint density at radius 3 is 3.14 bits per heavy atom. The Labute approximate surface area is 125 Å². The quantitative estimate of drug-likeness (QED) is 0.888. The third kappa shape index (κ3) is 3.36. The molecule has 3 heterocycles. The van der Waals surface area contributed by atoms with Crippen molar-refractivity contribution in [3.63, 3.8) is 0 Å². The average molecular weight is 288 g/mol. The highest BCUT2D eigenvalue weighted by Gasteiger charge is 2.19. The fourth-order valence-corrected chi connectivity index (χ4v) is 2.99. The molecule has 1 aliphatic rings. The lowest BCUT2D eigenvalue weighted by atomic mass is 10.1. The number of nitrogens with zero attached hydrogens (tertiary/aromatic N) is 2. The second kappa shape index (κ2) is 6.45. The summed E-state index contributed by atoms with van der Waals surface area (Å²) in [7, 11) is 0. The third-order valence-corrected chi connectivity index (χ3v) is 4.24. The number of aryl methyl sites for hydroxylation is 1. The summed E-state index contributed by atoms with van der Waals surface area (Å²) in [5.74, 6) is 1.78. The Bertz CT molecular complexity index is 574. The Kier molecular flexibility index (Phi) is 4.41. The molecule has 1 aliphatic heterocycles. The number of aromatic amines is 1. The van der Waals surface area contributed by atoms with Crippen molar-refractivity contribution in [2.75, 3.05) is 19.6 Å². The van der Waals surface area contributed by atoms with Gasteiger partial charge >= 0.3 is 0 Å². The maximum absolute atomic E-state index is 5.69. The topological polar surface area (TPSA) is 57.1 Å². The van der Waals surface area contributed by atoms with Crippen molar-refractivity contribution in [2.24, 2.45) is 0 Å². The molecule has 0 aromatic carbocycles. The van der Waals surface area contributed by atoms with E-state index in [0.717, 1.165) is 42.4 Å². The van der Waals surface area contributed by atoms with E-state index in [1.165, 1.54) is 19.4 Å². The molecule has 0 unspecified atom stereocenters. The van der Waals surface area contributed by atoms with Crippen LogP contribution in [0.1, 0.15) is 31.1 Å². The highest BCUT2D eigenvalue weighted by Crippen LogP contribution is 2.23. The fraction of sp³-hybridized carbons (Fsp3) is 0.562. The van der Waals surface area contributed by atoms with Crippen LogP contribution >= 0.6 is 0 Å². The molecule has 2 N–H and O–H groups in total. The van der Waals surface area contributed by atoms with Crippen molar-refractivity contribution in [3.05, 3.63) is 29.7 Å². The van der Waals surface area contributed by atoms with E-state index in [-0.39, 0.29) is 0 Å². The summed E-state index contributed by atoms with van der Waals surface area (Å²) in [5.41, 5.74) is 2.15. The largest absolute Gasteiger partial charge is 0.460 e. The van der Waals surface area contributed by atoms with Crippen LogP contribution in [0.2, 0.25) is 0 Å². The summed E-state index contributed by atoms with van der Waals surface area (Å²) in [6.45, 7) is 8.53. The molecule has 1 saturated heterocycles. The molecule has 1 atom stereocenters. The van der Waals surface area contributed by atoms with Crippen LogP contribution in [0, 0.1) is 6.92 Å². The van der Waals surface area contributed by atoms with Gasteiger partial charge in [-0.2, -0.15) is 5.10 Å². The van der Waals surface area contributed by atoms with Crippen LogP contribution in [-0.4, -0.2) is 40.8 Å². The van der Waals surface area contributed by atoms with Gasteiger partial charge in [-0.3, -0.25) is 5.10 Å². The highest BCUT2D eigenvalue weighted by atomic mass is 16.3. The van der Waals surface area contributed by atoms with Crippen LogP contribution in [0.4, 0.5) is 0 Å². The molecule has 0 radical (unpaired) electrons. The normalized spacial score (nSPS) is 20.0. The van der Waals surface area contributed by atoms with Gasteiger partial charge in [0.05, 0.1) is 6.20 Å². The molecule has 1 fully saturated rings. The minimum absolute atomic E-state index is 0.569. The van der Waals surface area contributed by atoms with E-state index in [9.17, 15) is 0 Å². The standard InChI is InChI=1S/C16H24N4O/c1-3-20-8-4-5-14(11-20)17-9-13-10-18-19-16(13)15-7-6-12(2)21-15/h6-7,10,14,17H,3-5,8-9,11H2,1-2H3,(H,18,19)/t14-/m1/s1. The summed E-state index contributed by atoms with van der Waals surface area (Å²) >= 11 is 0. The number of likely N-dealkylation sites (N-methyl/N-ethyl adjacent to an activating group) is 1. The zero-order valence-electron chi connectivity index (χ0n) is 12.9. The van der Waals surface area contributed by atoms with Gasteiger partial charge in [0.15, 0.2) is 5.76 Å². The maximum Gasteiger partial charge on any atom is 0.152 e. The van der Waals surface area contributed by atoms with Gasteiger partial charge in [-0.1, -0.05) is 6.92 Å². The van der Waals surface area contributed by atoms with E-state index in [4.69, 9.17) is 4.42 Å². The van der Waals surface area contributed by atoms with Gasteiger partial charge in [-0.15, -0.1) is 0 Å². The van der Waals surface area contributed by atoms with Crippen molar-refractivity contribution in [2.45, 2.75) is 39.3 Å². The second-order valence-electron chi connectivity index (χ2n) is 5.79. The van der Waals surface area contributed by atoms with Crippen LogP contribution in [0.25, 0.3) is 11.5 Å². The van der Waals surface area contributed by atoms with Crippen molar-refractivity contribution in [1.82, 2.24) is 20.4 Å². The summed E-state index contributed by atoms with van der Waals surface area (Å²) < 4.78 is 5.69. The molecular weight excluding hydrogens is 264 g/mol. The molecule has 114 valence electrons. The van der Waals surface area contributed by atoms with Gasteiger partial charge in [-0.25, -0.2) is 0 Å². The highest BCUT2D eigenvalue weighted by molar-refractivity contribution is 5.56. The Morgan fingerprint density at radius 1 is 1.48 bits per heavy atom. The second-order valence-corrected chi connectivity index (χ2v) is 5.79. The zero-order chi connectivity index (χ0) is 14.7. The van der Waals surface area contributed by atoms with Gasteiger partial charge in [-0.05, 0) is 45.0 Å². The number of rotatable bonds is 5. The minimum atomic E-state index is 0.569. The number of nitrogens with one attached hydrogen (secondary N) is 2. The van der Waals surface area contributed by atoms with Crippen molar-refractivity contribution in [3.8, 4) is 11.5 Å². The molecule has 5 nitrogen and oxygen atoms in total. The molecule has 0 bridgehead atoms. The SMILES string of the molecule is CCN1CCC[C@@H](NCc2cn[nH]c2-c2ccc(C)o2)C1. The van der Waals surface area contributed by atoms with E-state index in [0.29, 0.717) is 6.04 Å². The summed E-state index contributed by atoms with van der Waals surface area (Å²) in [6.07, 6.45) is 4.42. The molecule has 2 aromatic rings. The smallest absolute Gasteiger partial charge is 0.152 e. The van der Waals surface area contributed by atoms with Gasteiger partial charge in [0, 0.05) is 24.7 Å². The molecular formula is C16H24N4O. The van der Waals surface area contributed by atoms with Crippen LogP contribution < -0.4 is 5.32 Å². The van der Waals surface area contributed by atoms with Gasteiger partial charge in [0.1, 0.15) is 11.5 Å². The number of H-pyrrole nitrogens is 1. The molecule has 0 spiro atoms. The lowest BCUT2D eigenvalue weighted by molar-refractivity contribution is 0.198. The summed E-state index contributed by atoms with van der Waals surface area (Å²) in [4.78, 5) is 2.51. The first-order valence-corrected chi connectivity index (χ1v) is 7.81. The van der Waals surface area contributed by atoms with Crippen LogP contribution in [0.3, 0.4) is 0 Å². The predicted molar refractivity (Wildman–Crippen MR) is 83.0 cm³/mol. The van der Waals surface area contributed by atoms with E-state index in [2.05, 4.69) is 27.3 Å². The van der Waals surface area contributed by atoms with E-state index in [1.54, 1.807) is 0 Å². The monoisotopic (exact) mass is 288 g/mol. The maximum atomic E-state index is 5.69. The first-order valence-electron chi connectivity index (χ1n) is 7.81. The average Bonchev–Trinajstić information content (AvgIpc) is 3.13. The lowest BCUT2D eigenvalue weighted by Crippen LogP contribution is -2.45. The molecule has 21 heavy (non-hydrogen) atoms. The first kappa shape index (κ1) is 14.4. The molecule has 0 aliphatic carbocycles. The number of hydrogen-bond donors (Lipinski definition) is 2. The number of furan rings is 1. The molecule has 0 saturated carbocycles. The summed E-state index contributed by atoms with van der Waals surface area (Å²) in [5, 5.41) is 10.9. The third-order valence-electron chi connectivity index (χ3n) is 4.24. The van der Waals surface area contributed by atoms with Crippen LogP contribution in [0.15, 0.2) is 22.7 Å². The summed E-state index contributed by atoms with van der Waals surface area (Å²) in [6, 6.07) is 4.54. The number of likely N-dealkylation sites (tertiary alicyclic amines) is 1. The molecule has 0 amide bonds. The van der Waals surface area contributed by atoms with Gasteiger partial charge in [0.2, 0.25) is 0 Å². The van der Waals surface area contributed by atoms with E-state index >= 15 is 0 Å². The molecule has 5 heteroatoms. The van der Waals surface area contributed by atoms with Crippen molar-refractivity contribution < 1.29 is 4.42 Å². The molecule has 2 aromatic heterocycles. The Hall–Kier alpha value is -1.59. The zero-order valence-corrected chi connectivity index (χ0v) is 12.9. The van der Waals surface area contributed by atoms with Crippen molar-refractivity contribution in [1.29, 1.82) is 0 Å². The van der Waals surface area contributed by atoms with Crippen molar-refractivity contribution >= 4 is 0 Å². The number of hydrogen-bond acceptors (Lipinski definition) is 4. The predicted octanol–water partition coefficient (Wildman–Crippen LogP) is 2.55. The fourth-order valence-electron chi connectivity index (χ4n) is 2.99. The van der Waals surface area contributed by atoms with Crippen LogP contribution in [0.5, 0.6) is 0 Å². The Morgan fingerprint density at radius 2 is 2.38 bits per heavy atom. The minimum Gasteiger partial charge on any atom is -0.460 e. The van der Waals surface area contributed by atoms with E-state index < -0.39 is 0 Å². The van der Waals surface area contributed by atoms with Gasteiger partial charge < -0.3 is 14.6 Å². The Balaban J connectivity index is 1.62. The lowest BCUT2D eigenvalue weighted by Gasteiger charge is -2.32. The van der Waals surface area contributed by atoms with E-state index in [1.807, 2.05) is 25.3 Å². The first-order chi connectivity index (χ1) is 10.3. The van der Waals surface area contributed by atoms with Crippen LogP contribution in [-0.2, 0) is 6.54 Å².